The van der Waals surface area contributed by atoms with Crippen LogP contribution in [0.4, 0.5) is 0 Å². The van der Waals surface area contributed by atoms with E-state index in [1.807, 2.05) is 30.3 Å². The van der Waals surface area contributed by atoms with Crippen molar-refractivity contribution in [3.63, 3.8) is 0 Å². The Kier molecular flexibility index (Phi) is 5.22. The van der Waals surface area contributed by atoms with E-state index in [2.05, 4.69) is 60.4 Å². The lowest BCUT2D eigenvalue weighted by Gasteiger charge is -2.15. The van der Waals surface area contributed by atoms with Crippen LogP contribution in [0.5, 0.6) is 0 Å². The summed E-state index contributed by atoms with van der Waals surface area (Å²) in [6.07, 6.45) is 1.57. The molecule has 1 nitrogen and oxygen atoms in total. The molecule has 0 aliphatic heterocycles. The van der Waals surface area contributed by atoms with E-state index >= 15 is 0 Å². The maximum Gasteiger partial charge on any atom is 0.151 e. The summed E-state index contributed by atoms with van der Waals surface area (Å²) in [7, 11) is 0. The van der Waals surface area contributed by atoms with E-state index in [1.54, 1.807) is 6.07 Å². The highest BCUT2D eigenvalue weighted by Gasteiger charge is 2.12. The molecule has 0 aliphatic rings. The van der Waals surface area contributed by atoms with E-state index in [-0.39, 0.29) is 5.92 Å². The maximum atomic E-state index is 11.1. The number of rotatable bonds is 4. The van der Waals surface area contributed by atoms with Crippen LogP contribution in [0.15, 0.2) is 84.9 Å². The second kappa shape index (κ2) is 7.94. The number of benzene rings is 3. The van der Waals surface area contributed by atoms with E-state index in [4.69, 9.17) is 0 Å². The van der Waals surface area contributed by atoms with Crippen LogP contribution in [0.25, 0.3) is 0 Å². The van der Waals surface area contributed by atoms with Crippen molar-refractivity contribution < 1.29 is 4.79 Å². The van der Waals surface area contributed by atoms with Gasteiger partial charge in [-0.15, -0.1) is 0 Å². The highest BCUT2D eigenvalue weighted by atomic mass is 16.1. The van der Waals surface area contributed by atoms with Gasteiger partial charge in [-0.2, -0.15) is 0 Å². The Balaban J connectivity index is 1.89. The number of hydrogen-bond acceptors (Lipinski definition) is 1. The summed E-state index contributed by atoms with van der Waals surface area (Å²) >= 11 is 0. The standard InChI is InChI=1S/C23H18O/c24-18-22-15-8-7-10-19(22)16-9-17-23(20-11-3-1-4-12-20)21-13-5-2-6-14-21/h1-8,10-15,18,23H,17H2. The van der Waals surface area contributed by atoms with Crippen LogP contribution in [0.2, 0.25) is 0 Å². The van der Waals surface area contributed by atoms with Crippen molar-refractivity contribution in [3.8, 4) is 11.8 Å². The minimum Gasteiger partial charge on any atom is -0.298 e. The summed E-state index contributed by atoms with van der Waals surface area (Å²) in [4.78, 5) is 11.1. The van der Waals surface area contributed by atoms with Gasteiger partial charge in [-0.05, 0) is 17.2 Å². The van der Waals surface area contributed by atoms with E-state index < -0.39 is 0 Å². The summed E-state index contributed by atoms with van der Waals surface area (Å²) in [6, 6.07) is 28.3. The molecule has 0 heterocycles. The largest absolute Gasteiger partial charge is 0.298 e. The fourth-order valence-electron chi connectivity index (χ4n) is 2.76. The van der Waals surface area contributed by atoms with Crippen molar-refractivity contribution in [1.29, 1.82) is 0 Å². The van der Waals surface area contributed by atoms with Crippen LogP contribution in [-0.4, -0.2) is 6.29 Å². The number of aldehydes is 1. The van der Waals surface area contributed by atoms with Gasteiger partial charge in [-0.25, -0.2) is 0 Å². The Morgan fingerprint density at radius 3 is 1.88 bits per heavy atom. The molecular formula is C23H18O. The van der Waals surface area contributed by atoms with Crippen LogP contribution in [0.1, 0.15) is 39.4 Å². The predicted molar refractivity (Wildman–Crippen MR) is 98.1 cm³/mol. The summed E-state index contributed by atoms with van der Waals surface area (Å²) in [5, 5.41) is 0. The number of carbonyl (C=O) groups is 1. The van der Waals surface area contributed by atoms with Gasteiger partial charge in [0, 0.05) is 23.5 Å². The third kappa shape index (κ3) is 3.80. The molecule has 0 aromatic heterocycles. The molecule has 3 rings (SSSR count). The van der Waals surface area contributed by atoms with Crippen molar-refractivity contribution in [1.82, 2.24) is 0 Å². The predicted octanol–water partition coefficient (Wildman–Crippen LogP) is 5.07. The molecule has 3 aromatic rings. The second-order valence-corrected chi connectivity index (χ2v) is 5.58. The van der Waals surface area contributed by atoms with Gasteiger partial charge in [0.15, 0.2) is 6.29 Å². The molecule has 0 aliphatic carbocycles. The van der Waals surface area contributed by atoms with Crippen LogP contribution in [0.3, 0.4) is 0 Å². The molecule has 116 valence electrons. The zero-order chi connectivity index (χ0) is 16.6. The van der Waals surface area contributed by atoms with Crippen molar-refractivity contribution >= 4 is 6.29 Å². The van der Waals surface area contributed by atoms with Crippen LogP contribution in [0, 0.1) is 11.8 Å². The fraction of sp³-hybridized carbons (Fsp3) is 0.0870. The number of hydrogen-bond donors (Lipinski definition) is 0. The maximum absolute atomic E-state index is 11.1. The molecule has 24 heavy (non-hydrogen) atoms. The third-order valence-electron chi connectivity index (χ3n) is 4.02. The highest BCUT2D eigenvalue weighted by molar-refractivity contribution is 5.79. The van der Waals surface area contributed by atoms with Crippen molar-refractivity contribution in [2.75, 3.05) is 0 Å². The highest BCUT2D eigenvalue weighted by Crippen LogP contribution is 2.27. The van der Waals surface area contributed by atoms with Gasteiger partial charge in [0.25, 0.3) is 0 Å². The molecule has 0 atom stereocenters. The quantitative estimate of drug-likeness (QED) is 0.485. The monoisotopic (exact) mass is 310 g/mol. The van der Waals surface area contributed by atoms with Crippen molar-refractivity contribution in [2.45, 2.75) is 12.3 Å². The molecule has 0 fully saturated rings. The van der Waals surface area contributed by atoms with Crippen LogP contribution < -0.4 is 0 Å². The molecule has 0 amide bonds. The Bertz CT molecular complexity index is 815. The lowest BCUT2D eigenvalue weighted by molar-refractivity contribution is 0.112. The van der Waals surface area contributed by atoms with Crippen LogP contribution >= 0.6 is 0 Å². The van der Waals surface area contributed by atoms with Gasteiger partial charge >= 0.3 is 0 Å². The molecule has 0 radical (unpaired) electrons. The van der Waals surface area contributed by atoms with Gasteiger partial charge < -0.3 is 0 Å². The summed E-state index contributed by atoms with van der Waals surface area (Å²) in [5.41, 5.74) is 3.93. The summed E-state index contributed by atoms with van der Waals surface area (Å²) in [6.45, 7) is 0. The zero-order valence-corrected chi connectivity index (χ0v) is 13.4. The van der Waals surface area contributed by atoms with E-state index in [9.17, 15) is 4.79 Å². The lowest BCUT2D eigenvalue weighted by Crippen LogP contribution is -2.00. The average molecular weight is 310 g/mol. The third-order valence-corrected chi connectivity index (χ3v) is 4.02. The minimum atomic E-state index is 0.225. The molecule has 1 heteroatoms. The molecule has 0 saturated heterocycles. The topological polar surface area (TPSA) is 17.1 Å². The van der Waals surface area contributed by atoms with E-state index in [0.29, 0.717) is 12.0 Å². The smallest absolute Gasteiger partial charge is 0.151 e. The first-order chi connectivity index (χ1) is 11.9. The molecule has 3 aromatic carbocycles. The summed E-state index contributed by atoms with van der Waals surface area (Å²) < 4.78 is 0. The lowest BCUT2D eigenvalue weighted by atomic mass is 9.89. The van der Waals surface area contributed by atoms with Gasteiger partial charge in [0.05, 0.1) is 0 Å². The van der Waals surface area contributed by atoms with Crippen LogP contribution in [-0.2, 0) is 0 Å². The first-order valence-corrected chi connectivity index (χ1v) is 8.01. The molecule has 0 saturated carbocycles. The van der Waals surface area contributed by atoms with Crippen molar-refractivity contribution in [3.05, 3.63) is 107 Å². The Hall–Kier alpha value is -3.11. The average Bonchev–Trinajstić information content (AvgIpc) is 2.67. The SMILES string of the molecule is O=Cc1ccccc1C#CCC(c1ccccc1)c1ccccc1. The first kappa shape index (κ1) is 15.8. The molecular weight excluding hydrogens is 292 g/mol. The van der Waals surface area contributed by atoms with Gasteiger partial charge in [0.2, 0.25) is 0 Å². The van der Waals surface area contributed by atoms with E-state index in [0.717, 1.165) is 11.8 Å². The number of carbonyl (C=O) groups excluding carboxylic acids is 1. The van der Waals surface area contributed by atoms with Gasteiger partial charge in [0.1, 0.15) is 0 Å². The van der Waals surface area contributed by atoms with Crippen molar-refractivity contribution in [2.24, 2.45) is 0 Å². The minimum absolute atomic E-state index is 0.225. The normalized spacial score (nSPS) is 10.0. The Labute approximate surface area is 143 Å². The molecule has 0 unspecified atom stereocenters. The summed E-state index contributed by atoms with van der Waals surface area (Å²) in [5.74, 6) is 6.64. The molecule has 0 bridgehead atoms. The second-order valence-electron chi connectivity index (χ2n) is 5.58. The van der Waals surface area contributed by atoms with E-state index in [1.165, 1.54) is 11.1 Å². The van der Waals surface area contributed by atoms with Gasteiger partial charge in [-0.1, -0.05) is 90.7 Å². The Morgan fingerprint density at radius 2 is 1.29 bits per heavy atom. The fourth-order valence-corrected chi connectivity index (χ4v) is 2.76. The molecule has 0 N–H and O–H groups in total. The first-order valence-electron chi connectivity index (χ1n) is 8.01. The zero-order valence-electron chi connectivity index (χ0n) is 13.4. The van der Waals surface area contributed by atoms with Gasteiger partial charge in [-0.3, -0.25) is 4.79 Å². The Morgan fingerprint density at radius 1 is 0.750 bits per heavy atom. The molecule has 0 spiro atoms.